The number of hydrogen-bond donors (Lipinski definition) is 1. The molecule has 1 aliphatic heterocycles. The highest BCUT2D eigenvalue weighted by Crippen LogP contribution is 2.38. The van der Waals surface area contributed by atoms with Crippen molar-refractivity contribution in [3.05, 3.63) is 35.6 Å². The highest BCUT2D eigenvalue weighted by atomic mass is 35.5. The van der Waals surface area contributed by atoms with E-state index in [4.69, 9.17) is 16.3 Å². The quantitative estimate of drug-likeness (QED) is 0.593. The molecule has 3 aromatic rings. The molecule has 1 atom stereocenters. The van der Waals surface area contributed by atoms with Gasteiger partial charge in [0.15, 0.2) is 15.7 Å². The molecule has 0 amide bonds. The van der Waals surface area contributed by atoms with Crippen LogP contribution in [0.25, 0.3) is 20.7 Å². The maximum absolute atomic E-state index is 12.5. The molecule has 0 aliphatic carbocycles. The molecule has 1 N–H and O–H groups in total. The van der Waals surface area contributed by atoms with Crippen LogP contribution in [0.3, 0.4) is 0 Å². The van der Waals surface area contributed by atoms with Gasteiger partial charge in [-0.25, -0.2) is 13.4 Å². The van der Waals surface area contributed by atoms with Crippen LogP contribution in [-0.2, 0) is 14.6 Å². The standard InChI is InChI=1S/C19H20ClN3O4S2/c1-12(24)11-29(25,26)14-4-2-3-13(9-14)16-10-15-17(28-16)18(22-19(20)21-15)23-5-7-27-8-6-23/h2-4,9-10,12,24H,5-8,11H2,1H3. The van der Waals surface area contributed by atoms with Crippen molar-refractivity contribution in [3.63, 3.8) is 0 Å². The fourth-order valence-electron chi connectivity index (χ4n) is 3.28. The molecule has 10 heteroatoms. The highest BCUT2D eigenvalue weighted by molar-refractivity contribution is 7.91. The first kappa shape index (κ1) is 20.5. The largest absolute Gasteiger partial charge is 0.392 e. The number of ether oxygens (including phenoxy) is 1. The predicted octanol–water partition coefficient (Wildman–Crippen LogP) is 3.00. The molecule has 29 heavy (non-hydrogen) atoms. The number of anilines is 1. The Bertz CT molecular complexity index is 1140. The Hall–Kier alpha value is -1.78. The molecule has 3 heterocycles. The third-order valence-electron chi connectivity index (χ3n) is 4.58. The summed E-state index contributed by atoms with van der Waals surface area (Å²) in [6, 6.07) is 8.64. The van der Waals surface area contributed by atoms with Gasteiger partial charge in [0.25, 0.3) is 0 Å². The van der Waals surface area contributed by atoms with Crippen LogP contribution in [0, 0.1) is 0 Å². The van der Waals surface area contributed by atoms with Crippen molar-refractivity contribution < 1.29 is 18.3 Å². The minimum atomic E-state index is -3.57. The lowest BCUT2D eigenvalue weighted by atomic mass is 10.2. The Balaban J connectivity index is 1.76. The second-order valence-corrected chi connectivity index (χ2v) is 10.3. The summed E-state index contributed by atoms with van der Waals surface area (Å²) >= 11 is 7.66. The second kappa shape index (κ2) is 8.16. The van der Waals surface area contributed by atoms with Crippen LogP contribution in [0.5, 0.6) is 0 Å². The van der Waals surface area contributed by atoms with E-state index in [2.05, 4.69) is 14.9 Å². The lowest BCUT2D eigenvalue weighted by Crippen LogP contribution is -2.36. The number of aliphatic hydroxyl groups is 1. The number of fused-ring (bicyclic) bond motifs is 1. The number of thiophene rings is 1. The SMILES string of the molecule is CC(O)CS(=O)(=O)c1cccc(-c2cc3nc(Cl)nc(N4CCOCC4)c3s2)c1. The van der Waals surface area contributed by atoms with Crippen molar-refractivity contribution in [2.75, 3.05) is 37.0 Å². The van der Waals surface area contributed by atoms with Gasteiger partial charge in [0, 0.05) is 18.0 Å². The van der Waals surface area contributed by atoms with Crippen molar-refractivity contribution in [1.82, 2.24) is 9.97 Å². The van der Waals surface area contributed by atoms with Crippen LogP contribution in [-0.4, -0.2) is 61.7 Å². The molecule has 154 valence electrons. The maximum Gasteiger partial charge on any atom is 0.224 e. The summed E-state index contributed by atoms with van der Waals surface area (Å²) < 4.78 is 31.3. The molecule has 1 aliphatic rings. The van der Waals surface area contributed by atoms with Gasteiger partial charge in [-0.1, -0.05) is 12.1 Å². The molecular weight excluding hydrogens is 434 g/mol. The Labute approximate surface area is 177 Å². The van der Waals surface area contributed by atoms with Crippen LogP contribution in [0.1, 0.15) is 6.92 Å². The van der Waals surface area contributed by atoms with Crippen LogP contribution >= 0.6 is 22.9 Å². The zero-order valence-corrected chi connectivity index (χ0v) is 18.1. The smallest absolute Gasteiger partial charge is 0.224 e. The van der Waals surface area contributed by atoms with E-state index < -0.39 is 15.9 Å². The number of aromatic nitrogens is 2. The van der Waals surface area contributed by atoms with Gasteiger partial charge in [0.1, 0.15) is 0 Å². The molecule has 1 saturated heterocycles. The van der Waals surface area contributed by atoms with Gasteiger partial charge in [-0.2, -0.15) is 4.98 Å². The van der Waals surface area contributed by atoms with Gasteiger partial charge in [-0.15, -0.1) is 11.3 Å². The van der Waals surface area contributed by atoms with Gasteiger partial charge >= 0.3 is 0 Å². The average molecular weight is 454 g/mol. The summed E-state index contributed by atoms with van der Waals surface area (Å²) in [6.45, 7) is 4.17. The lowest BCUT2D eigenvalue weighted by Gasteiger charge is -2.28. The molecule has 0 spiro atoms. The van der Waals surface area contributed by atoms with Gasteiger partial charge in [-0.05, 0) is 42.3 Å². The van der Waals surface area contributed by atoms with Crippen molar-refractivity contribution in [2.24, 2.45) is 0 Å². The van der Waals surface area contributed by atoms with E-state index in [-0.39, 0.29) is 15.9 Å². The number of rotatable bonds is 5. The van der Waals surface area contributed by atoms with E-state index in [1.165, 1.54) is 18.3 Å². The first-order chi connectivity index (χ1) is 13.8. The summed E-state index contributed by atoms with van der Waals surface area (Å²) in [6.07, 6.45) is -0.929. The first-order valence-electron chi connectivity index (χ1n) is 9.14. The molecule has 0 radical (unpaired) electrons. The number of benzene rings is 1. The number of aliphatic hydroxyl groups excluding tert-OH is 1. The van der Waals surface area contributed by atoms with Gasteiger partial charge in [0.2, 0.25) is 5.28 Å². The van der Waals surface area contributed by atoms with Crippen molar-refractivity contribution >= 4 is 48.8 Å². The second-order valence-electron chi connectivity index (χ2n) is 6.90. The van der Waals surface area contributed by atoms with E-state index in [1.807, 2.05) is 12.1 Å². The van der Waals surface area contributed by atoms with E-state index in [9.17, 15) is 13.5 Å². The van der Waals surface area contributed by atoms with Gasteiger partial charge in [0.05, 0.1) is 40.2 Å². The van der Waals surface area contributed by atoms with E-state index in [1.54, 1.807) is 18.2 Å². The Kier molecular flexibility index (Phi) is 5.76. The Morgan fingerprint density at radius 1 is 1.28 bits per heavy atom. The molecule has 1 aromatic carbocycles. The summed E-state index contributed by atoms with van der Waals surface area (Å²) in [7, 11) is -3.57. The number of sulfone groups is 1. The Morgan fingerprint density at radius 2 is 2.03 bits per heavy atom. The van der Waals surface area contributed by atoms with Gasteiger partial charge in [-0.3, -0.25) is 0 Å². The highest BCUT2D eigenvalue weighted by Gasteiger charge is 2.21. The molecule has 4 rings (SSSR count). The zero-order chi connectivity index (χ0) is 20.6. The molecule has 2 aromatic heterocycles. The maximum atomic E-state index is 12.5. The van der Waals surface area contributed by atoms with E-state index >= 15 is 0 Å². The van der Waals surface area contributed by atoms with Crippen LogP contribution in [0.4, 0.5) is 5.82 Å². The van der Waals surface area contributed by atoms with Crippen LogP contribution in [0.15, 0.2) is 35.2 Å². The molecular formula is C19H20ClN3O4S2. The monoisotopic (exact) mass is 453 g/mol. The number of nitrogens with zero attached hydrogens (tertiary/aromatic N) is 3. The number of halogens is 1. The fourth-order valence-corrected chi connectivity index (χ4v) is 5.98. The average Bonchev–Trinajstić information content (AvgIpc) is 3.11. The zero-order valence-electron chi connectivity index (χ0n) is 15.7. The molecule has 7 nitrogen and oxygen atoms in total. The minimum Gasteiger partial charge on any atom is -0.392 e. The molecule has 0 bridgehead atoms. The number of hydrogen-bond acceptors (Lipinski definition) is 8. The minimum absolute atomic E-state index is 0.177. The normalized spacial score (nSPS) is 16.3. The molecule has 1 unspecified atom stereocenters. The van der Waals surface area contributed by atoms with Crippen molar-refractivity contribution in [3.8, 4) is 10.4 Å². The summed E-state index contributed by atoms with van der Waals surface area (Å²) in [4.78, 5) is 12.0. The first-order valence-corrected chi connectivity index (χ1v) is 12.0. The van der Waals surface area contributed by atoms with E-state index in [0.29, 0.717) is 13.2 Å². The summed E-state index contributed by atoms with van der Waals surface area (Å²) in [5.74, 6) is 0.461. The van der Waals surface area contributed by atoms with Crippen LogP contribution < -0.4 is 4.90 Å². The van der Waals surface area contributed by atoms with E-state index in [0.717, 1.165) is 39.6 Å². The topological polar surface area (TPSA) is 92.6 Å². The van der Waals surface area contributed by atoms with Crippen molar-refractivity contribution in [1.29, 1.82) is 0 Å². The third-order valence-corrected chi connectivity index (χ3v) is 7.81. The molecule has 0 saturated carbocycles. The Morgan fingerprint density at radius 3 is 2.76 bits per heavy atom. The summed E-state index contributed by atoms with van der Waals surface area (Å²) in [5.41, 5.74) is 1.49. The van der Waals surface area contributed by atoms with Crippen LogP contribution in [0.2, 0.25) is 5.28 Å². The summed E-state index contributed by atoms with van der Waals surface area (Å²) in [5, 5.41) is 9.67. The third kappa shape index (κ3) is 4.39. The fraction of sp³-hybridized carbons (Fsp3) is 0.368. The van der Waals surface area contributed by atoms with Gasteiger partial charge < -0.3 is 14.7 Å². The number of morpholine rings is 1. The molecule has 1 fully saturated rings. The van der Waals surface area contributed by atoms with Crippen molar-refractivity contribution in [2.45, 2.75) is 17.9 Å². The lowest BCUT2D eigenvalue weighted by molar-refractivity contribution is 0.122. The predicted molar refractivity (Wildman–Crippen MR) is 115 cm³/mol.